The first-order valence-corrected chi connectivity index (χ1v) is 9.49. The van der Waals surface area contributed by atoms with Gasteiger partial charge in [0, 0.05) is 12.6 Å². The van der Waals surface area contributed by atoms with Crippen LogP contribution in [0.1, 0.15) is 73.1 Å². The zero-order valence-corrected chi connectivity index (χ0v) is 14.7. The van der Waals surface area contributed by atoms with Crippen LogP contribution in [-0.2, 0) is 9.09 Å². The van der Waals surface area contributed by atoms with E-state index in [-0.39, 0.29) is 12.1 Å². The smallest absolute Gasteiger partial charge is 0.304 e. The number of hydrogen-bond donors (Lipinski definition) is 0. The largest absolute Gasteiger partial charge is 0.371 e. The van der Waals surface area contributed by atoms with Crippen molar-refractivity contribution in [3.63, 3.8) is 0 Å². The van der Waals surface area contributed by atoms with Crippen molar-refractivity contribution < 1.29 is 9.09 Å². The fraction of sp³-hybridized carbons (Fsp3) is 0.933. The summed E-state index contributed by atoms with van der Waals surface area (Å²) >= 11 is 0. The quantitative estimate of drug-likeness (QED) is 0.391. The van der Waals surface area contributed by atoms with Crippen LogP contribution in [0.2, 0.25) is 0 Å². The van der Waals surface area contributed by atoms with Crippen molar-refractivity contribution in [1.29, 1.82) is 5.26 Å². The van der Waals surface area contributed by atoms with Crippen molar-refractivity contribution in [3.05, 3.63) is 0 Å². The molecule has 0 N–H and O–H groups in total. The highest BCUT2D eigenvalue weighted by Crippen LogP contribution is 2.52. The van der Waals surface area contributed by atoms with Gasteiger partial charge in [-0.3, -0.25) is 4.57 Å². The molecule has 0 rings (SSSR count). The van der Waals surface area contributed by atoms with Crippen molar-refractivity contribution in [2.45, 2.75) is 85.3 Å². The molecular weight excluding hydrogens is 271 g/mol. The fourth-order valence-corrected chi connectivity index (χ4v) is 4.23. The number of nitriles is 1. The molecule has 0 aromatic rings. The first kappa shape index (κ1) is 19.6. The lowest BCUT2D eigenvalue weighted by molar-refractivity contribution is 0.160. The molecule has 0 radical (unpaired) electrons. The molecule has 0 saturated carbocycles. The maximum absolute atomic E-state index is 12.9. The second kappa shape index (κ2) is 10.4. The second-order valence-electron chi connectivity index (χ2n) is 5.51. The number of rotatable bonds is 11. The highest BCUT2D eigenvalue weighted by atomic mass is 31.2. The van der Waals surface area contributed by atoms with E-state index in [0.717, 1.165) is 38.5 Å². The Labute approximate surface area is 125 Å². The van der Waals surface area contributed by atoms with Crippen molar-refractivity contribution in [2.75, 3.05) is 6.54 Å². The van der Waals surface area contributed by atoms with E-state index in [9.17, 15) is 9.83 Å². The number of nitrogens with zero attached hydrogens (tertiary/aromatic N) is 2. The highest BCUT2D eigenvalue weighted by Gasteiger charge is 2.35. The minimum Gasteiger partial charge on any atom is -0.304 e. The molecule has 0 fully saturated rings. The monoisotopic (exact) mass is 302 g/mol. The molecule has 0 bridgehead atoms. The minimum absolute atomic E-state index is 0.0496. The fourth-order valence-electron chi connectivity index (χ4n) is 2.22. The molecule has 0 aliphatic heterocycles. The molecule has 118 valence electrons. The maximum atomic E-state index is 12.9. The summed E-state index contributed by atoms with van der Waals surface area (Å²) in [7, 11) is -3.37. The molecule has 0 aromatic carbocycles. The molecule has 0 aromatic heterocycles. The van der Waals surface area contributed by atoms with Gasteiger partial charge in [-0.05, 0) is 33.1 Å². The van der Waals surface area contributed by atoms with Crippen LogP contribution in [0.15, 0.2) is 0 Å². The van der Waals surface area contributed by atoms with E-state index in [0.29, 0.717) is 6.54 Å². The van der Waals surface area contributed by atoms with Crippen LogP contribution >= 0.6 is 7.52 Å². The molecule has 5 heteroatoms. The molecule has 0 heterocycles. The third-order valence-electron chi connectivity index (χ3n) is 3.39. The van der Waals surface area contributed by atoms with E-state index in [1.54, 1.807) is 4.67 Å². The molecule has 2 unspecified atom stereocenters. The van der Waals surface area contributed by atoms with Gasteiger partial charge in [0.1, 0.15) is 0 Å². The predicted molar refractivity (Wildman–Crippen MR) is 84.7 cm³/mol. The van der Waals surface area contributed by atoms with E-state index in [2.05, 4.69) is 6.92 Å². The van der Waals surface area contributed by atoms with E-state index in [1.807, 2.05) is 33.5 Å². The van der Waals surface area contributed by atoms with Crippen LogP contribution in [-0.4, -0.2) is 23.4 Å². The molecule has 0 aliphatic rings. The van der Waals surface area contributed by atoms with E-state index in [1.165, 1.54) is 0 Å². The summed E-state index contributed by atoms with van der Waals surface area (Å²) in [5, 5.41) is 9.37. The third kappa shape index (κ3) is 6.39. The molecule has 0 aliphatic carbocycles. The van der Waals surface area contributed by atoms with Gasteiger partial charge >= 0.3 is 7.52 Å². The lowest BCUT2D eigenvalue weighted by atomic mass is 10.1. The normalized spacial score (nSPS) is 16.1. The first-order chi connectivity index (χ1) is 9.45. The minimum atomic E-state index is -3.37. The van der Waals surface area contributed by atoms with Crippen LogP contribution in [0.5, 0.6) is 0 Å². The zero-order chi connectivity index (χ0) is 15.6. The van der Waals surface area contributed by atoms with Crippen LogP contribution in [0.3, 0.4) is 0 Å². The van der Waals surface area contributed by atoms with Gasteiger partial charge < -0.3 is 4.52 Å². The van der Waals surface area contributed by atoms with Gasteiger partial charge in [0.25, 0.3) is 0 Å². The SMILES string of the molecule is CCCCCC(CC)OP(=O)(C#N)N(CCC)C(C)C. The van der Waals surface area contributed by atoms with Crippen molar-refractivity contribution in [3.8, 4) is 5.81 Å². The maximum Gasteiger partial charge on any atom is 0.371 e. The summed E-state index contributed by atoms with van der Waals surface area (Å²) in [5.74, 6) is 1.96. The Hall–Kier alpha value is -0.360. The van der Waals surface area contributed by atoms with Gasteiger partial charge in [0.2, 0.25) is 0 Å². The molecule has 20 heavy (non-hydrogen) atoms. The van der Waals surface area contributed by atoms with E-state index in [4.69, 9.17) is 4.52 Å². The van der Waals surface area contributed by atoms with E-state index >= 15 is 0 Å². The number of hydrogen-bond acceptors (Lipinski definition) is 3. The van der Waals surface area contributed by atoms with Crippen LogP contribution in [0.4, 0.5) is 0 Å². The lowest BCUT2D eigenvalue weighted by Crippen LogP contribution is -2.30. The zero-order valence-electron chi connectivity index (χ0n) is 13.8. The van der Waals surface area contributed by atoms with Crippen LogP contribution < -0.4 is 0 Å². The Morgan fingerprint density at radius 2 is 1.85 bits per heavy atom. The highest BCUT2D eigenvalue weighted by molar-refractivity contribution is 7.61. The predicted octanol–water partition coefficient (Wildman–Crippen LogP) is 5.16. The van der Waals surface area contributed by atoms with Crippen molar-refractivity contribution in [1.82, 2.24) is 4.67 Å². The van der Waals surface area contributed by atoms with Gasteiger partial charge in [-0.2, -0.15) is 5.26 Å². The lowest BCUT2D eigenvalue weighted by Gasteiger charge is -2.31. The molecule has 2 atom stereocenters. The van der Waals surface area contributed by atoms with Gasteiger partial charge in [0.15, 0.2) is 5.81 Å². The Balaban J connectivity index is 4.84. The second-order valence-corrected chi connectivity index (χ2v) is 7.47. The Morgan fingerprint density at radius 1 is 1.20 bits per heavy atom. The average molecular weight is 302 g/mol. The van der Waals surface area contributed by atoms with Gasteiger partial charge in [-0.25, -0.2) is 4.67 Å². The summed E-state index contributed by atoms with van der Waals surface area (Å²) < 4.78 is 20.4. The van der Waals surface area contributed by atoms with Gasteiger partial charge in [-0.1, -0.05) is 40.0 Å². The van der Waals surface area contributed by atoms with Crippen LogP contribution in [0.25, 0.3) is 0 Å². The molecule has 4 nitrogen and oxygen atoms in total. The molecular formula is C15H31N2O2P. The molecule has 0 spiro atoms. The number of unbranched alkanes of at least 4 members (excludes halogenated alkanes) is 2. The Bertz CT molecular complexity index is 339. The standard InChI is InChI=1S/C15H31N2O2P/c1-6-9-10-11-15(8-3)19-20(18,13-16)17(12-7-2)14(4)5/h14-15H,6-12H2,1-5H3. The summed E-state index contributed by atoms with van der Waals surface area (Å²) in [4.78, 5) is 0. The summed E-state index contributed by atoms with van der Waals surface area (Å²) in [5.41, 5.74) is 0. The third-order valence-corrected chi connectivity index (χ3v) is 5.57. The molecule has 0 saturated heterocycles. The first-order valence-electron chi connectivity index (χ1n) is 7.92. The van der Waals surface area contributed by atoms with Crippen molar-refractivity contribution in [2.24, 2.45) is 0 Å². The molecule has 0 amide bonds. The van der Waals surface area contributed by atoms with Gasteiger partial charge in [0.05, 0.1) is 6.10 Å². The van der Waals surface area contributed by atoms with Crippen LogP contribution in [0, 0.1) is 11.1 Å². The Morgan fingerprint density at radius 3 is 2.25 bits per heavy atom. The van der Waals surface area contributed by atoms with Crippen molar-refractivity contribution >= 4 is 7.52 Å². The van der Waals surface area contributed by atoms with Gasteiger partial charge in [-0.15, -0.1) is 0 Å². The van der Waals surface area contributed by atoms with E-state index < -0.39 is 7.52 Å². The summed E-state index contributed by atoms with van der Waals surface area (Å²) in [6, 6.07) is 0.0496. The summed E-state index contributed by atoms with van der Waals surface area (Å²) in [6.45, 7) is 10.8. The topological polar surface area (TPSA) is 53.3 Å². The average Bonchev–Trinajstić information content (AvgIpc) is 2.43. The summed E-state index contributed by atoms with van der Waals surface area (Å²) in [6.07, 6.45) is 5.84. The Kier molecular flexibility index (Phi) is 10.2.